The first-order valence-electron chi connectivity index (χ1n) is 11.8. The molecule has 1 aliphatic rings. The highest BCUT2D eigenvalue weighted by Gasteiger charge is 2.57. The highest BCUT2D eigenvalue weighted by atomic mass is 16.5. The molecule has 0 bridgehead atoms. The van der Waals surface area contributed by atoms with Crippen molar-refractivity contribution < 1.29 is 19.7 Å². The van der Waals surface area contributed by atoms with E-state index in [1.54, 1.807) is 13.8 Å². The molecule has 0 unspecified atom stereocenters. The minimum Gasteiger partial charge on any atom is -0.550 e. The van der Waals surface area contributed by atoms with Crippen LogP contribution in [0.1, 0.15) is 44.7 Å². The van der Waals surface area contributed by atoms with Crippen LogP contribution in [0.3, 0.4) is 0 Å². The van der Waals surface area contributed by atoms with E-state index in [0.29, 0.717) is 12.8 Å². The number of fused-ring (bicyclic) bond motifs is 2. The Hall–Kier alpha value is -3.21. The van der Waals surface area contributed by atoms with Gasteiger partial charge in [-0.15, -0.1) is 0 Å². The molecular weight excluding hydrogens is 424 g/mol. The van der Waals surface area contributed by atoms with E-state index in [-0.39, 0.29) is 0 Å². The molecule has 0 saturated carbocycles. The summed E-state index contributed by atoms with van der Waals surface area (Å²) >= 11 is 0. The second-order valence-electron chi connectivity index (χ2n) is 10.1. The van der Waals surface area contributed by atoms with Crippen LogP contribution in [0.2, 0.25) is 0 Å². The summed E-state index contributed by atoms with van der Waals surface area (Å²) in [7, 11) is 0. The van der Waals surface area contributed by atoms with Gasteiger partial charge in [0, 0.05) is 11.9 Å². The van der Waals surface area contributed by atoms with Gasteiger partial charge in [0.1, 0.15) is 11.2 Å². The average Bonchev–Trinajstić information content (AvgIpc) is 2.82. The van der Waals surface area contributed by atoms with Crippen LogP contribution in [0, 0.1) is 5.92 Å². The topological polar surface area (TPSA) is 69.6 Å². The predicted molar refractivity (Wildman–Crippen MR) is 132 cm³/mol. The van der Waals surface area contributed by atoms with Crippen molar-refractivity contribution in [3.63, 3.8) is 0 Å². The minimum absolute atomic E-state index is 0.351. The lowest BCUT2D eigenvalue weighted by molar-refractivity contribution is -0.330. The minimum atomic E-state index is -1.55. The van der Waals surface area contributed by atoms with Crippen molar-refractivity contribution in [1.29, 1.82) is 0 Å². The van der Waals surface area contributed by atoms with E-state index in [2.05, 4.69) is 0 Å². The Labute approximate surface area is 199 Å². The Morgan fingerprint density at radius 1 is 0.853 bits per heavy atom. The normalized spacial score (nSPS) is 22.6. The smallest absolute Gasteiger partial charge is 0.144 e. The summed E-state index contributed by atoms with van der Waals surface area (Å²) in [6, 6.07) is 27.9. The maximum atomic E-state index is 13.0. The first kappa shape index (κ1) is 22.6. The lowest BCUT2D eigenvalue weighted by Crippen LogP contribution is -2.62. The van der Waals surface area contributed by atoms with Gasteiger partial charge in [-0.05, 0) is 66.3 Å². The first-order chi connectivity index (χ1) is 16.2. The lowest BCUT2D eigenvalue weighted by atomic mass is 9.66. The Kier molecular flexibility index (Phi) is 5.27. The van der Waals surface area contributed by atoms with Crippen molar-refractivity contribution in [3.05, 3.63) is 96.1 Å². The molecular formula is C30H29O4-. The maximum absolute atomic E-state index is 13.0. The highest BCUT2D eigenvalue weighted by Crippen LogP contribution is 2.53. The van der Waals surface area contributed by atoms with Crippen LogP contribution in [0.15, 0.2) is 84.9 Å². The quantitative estimate of drug-likeness (QED) is 0.475. The number of benzene rings is 4. The summed E-state index contributed by atoms with van der Waals surface area (Å²) in [5.74, 6) is -1.88. The number of hydrogen-bond acceptors (Lipinski definition) is 4. The third-order valence-electron chi connectivity index (χ3n) is 7.65. The van der Waals surface area contributed by atoms with Crippen LogP contribution in [0.5, 0.6) is 0 Å². The molecule has 2 atom stereocenters. The van der Waals surface area contributed by atoms with Crippen molar-refractivity contribution in [2.75, 3.05) is 0 Å². The number of rotatable bonds is 4. The number of carbonyl (C=O) groups is 1. The number of carboxylic acids is 1. The highest BCUT2D eigenvalue weighted by molar-refractivity contribution is 5.91. The molecule has 0 aliphatic carbocycles. The molecule has 0 amide bonds. The van der Waals surface area contributed by atoms with Crippen LogP contribution >= 0.6 is 0 Å². The van der Waals surface area contributed by atoms with Gasteiger partial charge >= 0.3 is 0 Å². The van der Waals surface area contributed by atoms with E-state index in [9.17, 15) is 15.0 Å². The van der Waals surface area contributed by atoms with Crippen LogP contribution in [0.4, 0.5) is 0 Å². The van der Waals surface area contributed by atoms with Crippen LogP contribution < -0.4 is 5.11 Å². The van der Waals surface area contributed by atoms with E-state index in [0.717, 1.165) is 32.7 Å². The molecule has 5 rings (SSSR count). The van der Waals surface area contributed by atoms with Gasteiger partial charge in [0.05, 0.1) is 5.60 Å². The summed E-state index contributed by atoms with van der Waals surface area (Å²) in [4.78, 5) is 11.9. The largest absolute Gasteiger partial charge is 0.550 e. The summed E-state index contributed by atoms with van der Waals surface area (Å²) in [6.07, 6.45) is 0.710. The third kappa shape index (κ3) is 3.32. The van der Waals surface area contributed by atoms with Crippen molar-refractivity contribution in [3.8, 4) is 0 Å². The van der Waals surface area contributed by atoms with Crippen LogP contribution in [-0.4, -0.2) is 22.3 Å². The van der Waals surface area contributed by atoms with E-state index >= 15 is 0 Å². The van der Waals surface area contributed by atoms with Gasteiger partial charge in [0.25, 0.3) is 0 Å². The molecule has 1 heterocycles. The van der Waals surface area contributed by atoms with E-state index in [1.165, 1.54) is 0 Å². The van der Waals surface area contributed by atoms with Crippen molar-refractivity contribution in [2.24, 2.45) is 5.92 Å². The zero-order chi connectivity index (χ0) is 24.1. The SMILES string of the molecule is CC1(C)O[C@@](C)(C(O)(c2cccc3ccccc23)c2cccc3ccccc23)CC[C@@H]1C(=O)[O-]. The van der Waals surface area contributed by atoms with E-state index < -0.39 is 28.7 Å². The van der Waals surface area contributed by atoms with Crippen molar-refractivity contribution >= 4 is 27.5 Å². The molecule has 4 aromatic rings. The molecule has 4 aromatic carbocycles. The molecule has 1 fully saturated rings. The molecule has 1 saturated heterocycles. The van der Waals surface area contributed by atoms with Gasteiger partial charge in [0.2, 0.25) is 0 Å². The molecule has 0 radical (unpaired) electrons. The number of aliphatic carboxylic acids is 1. The maximum Gasteiger partial charge on any atom is 0.144 e. The third-order valence-corrected chi connectivity index (χ3v) is 7.65. The van der Waals surface area contributed by atoms with Crippen LogP contribution in [-0.2, 0) is 15.1 Å². The Balaban J connectivity index is 1.83. The van der Waals surface area contributed by atoms with Crippen molar-refractivity contribution in [2.45, 2.75) is 50.4 Å². The molecule has 4 heteroatoms. The number of carbonyl (C=O) groups excluding carboxylic acids is 1. The summed E-state index contributed by atoms with van der Waals surface area (Å²) < 4.78 is 6.64. The molecule has 0 spiro atoms. The van der Waals surface area contributed by atoms with Gasteiger partial charge < -0.3 is 19.7 Å². The summed E-state index contributed by atoms with van der Waals surface area (Å²) in [5.41, 5.74) is -2.19. The fourth-order valence-electron chi connectivity index (χ4n) is 5.92. The Bertz CT molecular complexity index is 1300. The standard InChI is InChI=1S/C30H30O4/c1-28(2)26(27(31)32)18-19-29(3,34-28)30(33,24-16-8-12-20-10-4-6-14-22(20)24)25-17-9-13-21-11-5-7-15-23(21)25/h4-17,26,33H,18-19H2,1-3H3,(H,31,32)/p-1/t26-,29-/m1/s1. The van der Waals surface area contributed by atoms with Gasteiger partial charge in [0.15, 0.2) is 0 Å². The number of carboxylic acid groups (broad SMARTS) is 1. The Morgan fingerprint density at radius 3 is 1.79 bits per heavy atom. The fraction of sp³-hybridized carbons (Fsp3) is 0.300. The predicted octanol–water partition coefficient (Wildman–Crippen LogP) is 4.94. The first-order valence-corrected chi connectivity index (χ1v) is 11.8. The molecule has 1 aliphatic heterocycles. The Morgan fingerprint density at radius 2 is 1.32 bits per heavy atom. The second kappa shape index (κ2) is 7.93. The lowest BCUT2D eigenvalue weighted by Gasteiger charge is -2.55. The van der Waals surface area contributed by atoms with E-state index in [4.69, 9.17) is 4.74 Å². The van der Waals surface area contributed by atoms with Gasteiger partial charge in [-0.25, -0.2) is 0 Å². The van der Waals surface area contributed by atoms with Crippen molar-refractivity contribution in [1.82, 2.24) is 0 Å². The monoisotopic (exact) mass is 453 g/mol. The van der Waals surface area contributed by atoms with Crippen LogP contribution in [0.25, 0.3) is 21.5 Å². The average molecular weight is 454 g/mol. The molecule has 1 N–H and O–H groups in total. The zero-order valence-electron chi connectivity index (χ0n) is 19.7. The van der Waals surface area contributed by atoms with Gasteiger partial charge in [-0.2, -0.15) is 0 Å². The van der Waals surface area contributed by atoms with Gasteiger partial charge in [-0.3, -0.25) is 0 Å². The molecule has 0 aromatic heterocycles. The fourth-order valence-corrected chi connectivity index (χ4v) is 5.92. The molecule has 4 nitrogen and oxygen atoms in total. The number of ether oxygens (including phenoxy) is 1. The number of hydrogen-bond donors (Lipinski definition) is 1. The molecule has 34 heavy (non-hydrogen) atoms. The summed E-state index contributed by atoms with van der Waals surface area (Å²) in [5, 5.41) is 28.8. The zero-order valence-corrected chi connectivity index (χ0v) is 19.7. The van der Waals surface area contributed by atoms with E-state index in [1.807, 2.05) is 91.9 Å². The molecule has 174 valence electrons. The second-order valence-corrected chi connectivity index (χ2v) is 10.1. The number of aliphatic hydroxyl groups is 1. The van der Waals surface area contributed by atoms with Gasteiger partial charge in [-0.1, -0.05) is 84.9 Å². The summed E-state index contributed by atoms with van der Waals surface area (Å²) in [6.45, 7) is 5.46.